The van der Waals surface area contributed by atoms with Gasteiger partial charge in [0.25, 0.3) is 6.71 Å². The molecule has 8 aromatic carbocycles. The molecule has 5 heterocycles. The fourth-order valence-electron chi connectivity index (χ4n) is 9.93. The smallest absolute Gasteiger partial charge is 0.255 e. The van der Waals surface area contributed by atoms with Gasteiger partial charge in [-0.05, 0) is 107 Å². The third-order valence-electron chi connectivity index (χ3n) is 12.2. The highest BCUT2D eigenvalue weighted by atomic mass is 15.3. The zero-order valence-electron chi connectivity index (χ0n) is 31.3. The first-order valence-corrected chi connectivity index (χ1v) is 19.9. The van der Waals surface area contributed by atoms with Crippen molar-refractivity contribution < 1.29 is 0 Å². The average Bonchev–Trinajstić information content (AvgIpc) is 3.94. The van der Waals surface area contributed by atoms with Gasteiger partial charge in [-0.3, -0.25) is 18.4 Å². The van der Waals surface area contributed by atoms with Crippen molar-refractivity contribution in [1.82, 2.24) is 18.5 Å². The van der Waals surface area contributed by atoms with Crippen molar-refractivity contribution in [2.24, 2.45) is 0 Å². The molecule has 7 heteroatoms. The van der Waals surface area contributed by atoms with E-state index in [1.807, 2.05) is 0 Å². The molecule has 2 aliphatic rings. The van der Waals surface area contributed by atoms with E-state index in [0.717, 1.165) is 67.8 Å². The summed E-state index contributed by atoms with van der Waals surface area (Å²) in [7, 11) is 0. The molecule has 270 valence electrons. The van der Waals surface area contributed by atoms with Crippen LogP contribution < -0.4 is 26.2 Å². The molecule has 0 bridgehead atoms. The Balaban J connectivity index is 1.23. The number of nitrogens with zero attached hydrogens (tertiary/aromatic N) is 6. The van der Waals surface area contributed by atoms with Gasteiger partial charge in [0.15, 0.2) is 0 Å². The van der Waals surface area contributed by atoms with Gasteiger partial charge in [0.2, 0.25) is 5.78 Å². The van der Waals surface area contributed by atoms with E-state index in [2.05, 4.69) is 224 Å². The van der Waals surface area contributed by atoms with E-state index in [1.165, 1.54) is 33.0 Å². The molecule has 6 nitrogen and oxygen atoms in total. The summed E-state index contributed by atoms with van der Waals surface area (Å²) in [5.74, 6) is 2.03. The predicted molar refractivity (Wildman–Crippen MR) is 240 cm³/mol. The van der Waals surface area contributed by atoms with Crippen molar-refractivity contribution >= 4 is 96.1 Å². The maximum absolute atomic E-state index is 5.33. The lowest BCUT2D eigenvalue weighted by Crippen LogP contribution is -2.61. The molecule has 11 aromatic rings. The predicted octanol–water partition coefficient (Wildman–Crippen LogP) is 10.5. The number of hydrogen-bond acceptors (Lipinski definition) is 3. The van der Waals surface area contributed by atoms with Gasteiger partial charge in [0.1, 0.15) is 5.82 Å². The molecule has 3 aromatic heterocycles. The van der Waals surface area contributed by atoms with E-state index in [1.54, 1.807) is 0 Å². The molecule has 0 N–H and O–H groups in total. The van der Waals surface area contributed by atoms with E-state index in [9.17, 15) is 0 Å². The number of benzene rings is 8. The number of imidazole rings is 2. The lowest BCUT2D eigenvalue weighted by atomic mass is 9.33. The summed E-state index contributed by atoms with van der Waals surface area (Å²) in [4.78, 5) is 10.3. The molecule has 0 amide bonds. The minimum atomic E-state index is -0.0459. The van der Waals surface area contributed by atoms with Crippen LogP contribution in [0.3, 0.4) is 0 Å². The molecule has 2 aliphatic heterocycles. The van der Waals surface area contributed by atoms with Crippen molar-refractivity contribution in [2.45, 2.75) is 0 Å². The molecule has 0 fully saturated rings. The molecular weight excluding hydrogens is 707 g/mol. The number of rotatable bonds is 4. The van der Waals surface area contributed by atoms with Crippen molar-refractivity contribution in [3.8, 4) is 11.4 Å². The summed E-state index contributed by atoms with van der Waals surface area (Å²) < 4.78 is 7.14. The van der Waals surface area contributed by atoms with Gasteiger partial charge in [-0.25, -0.2) is 4.98 Å². The van der Waals surface area contributed by atoms with Crippen molar-refractivity contribution in [3.63, 3.8) is 0 Å². The molecule has 58 heavy (non-hydrogen) atoms. The zero-order valence-corrected chi connectivity index (χ0v) is 31.3. The Morgan fingerprint density at radius 2 is 0.931 bits per heavy atom. The molecule has 13 rings (SSSR count). The Hall–Kier alpha value is -7.77. The SMILES string of the molecule is c1ccc(N2c3ccccc3B3c4c2cc(-n2c5ccccc5n5c6ccccc6nc25)cc4N(c2ccccc2)c2c3c3ccccc3n2-c2ccccc2)cc1. The summed E-state index contributed by atoms with van der Waals surface area (Å²) in [5.41, 5.74) is 17.2. The van der Waals surface area contributed by atoms with Crippen molar-refractivity contribution in [3.05, 3.63) is 200 Å². The second-order valence-electron chi connectivity index (χ2n) is 15.2. The van der Waals surface area contributed by atoms with Gasteiger partial charge in [0, 0.05) is 34.1 Å². The summed E-state index contributed by atoms with van der Waals surface area (Å²) in [6, 6.07) is 72.5. The Morgan fingerprint density at radius 3 is 1.67 bits per heavy atom. The Kier molecular flexibility index (Phi) is 6.43. The second kappa shape index (κ2) is 11.9. The number of para-hydroxylation sites is 9. The molecule has 0 saturated carbocycles. The number of anilines is 6. The van der Waals surface area contributed by atoms with Crippen LogP contribution in [-0.4, -0.2) is 25.2 Å². The maximum Gasteiger partial charge on any atom is 0.255 e. The van der Waals surface area contributed by atoms with Crippen LogP contribution >= 0.6 is 0 Å². The number of hydrogen-bond donors (Lipinski definition) is 0. The molecule has 0 aliphatic carbocycles. The summed E-state index contributed by atoms with van der Waals surface area (Å²) in [6.07, 6.45) is 0. The monoisotopic (exact) mass is 740 g/mol. The quantitative estimate of drug-likeness (QED) is 0.169. The number of aromatic nitrogens is 4. The van der Waals surface area contributed by atoms with Gasteiger partial charge >= 0.3 is 0 Å². The first kappa shape index (κ1) is 31.4. The highest BCUT2D eigenvalue weighted by Crippen LogP contribution is 2.48. The molecule has 0 radical (unpaired) electrons. The highest BCUT2D eigenvalue weighted by molar-refractivity contribution is 7.01. The third kappa shape index (κ3) is 4.19. The molecule has 0 atom stereocenters. The van der Waals surface area contributed by atoms with Gasteiger partial charge in [-0.2, -0.15) is 0 Å². The van der Waals surface area contributed by atoms with Gasteiger partial charge in [-0.15, -0.1) is 0 Å². The van der Waals surface area contributed by atoms with Gasteiger partial charge in [-0.1, -0.05) is 115 Å². The molecule has 0 spiro atoms. The normalized spacial score (nSPS) is 13.1. The lowest BCUT2D eigenvalue weighted by molar-refractivity contribution is 1.07. The van der Waals surface area contributed by atoms with Crippen LogP contribution in [0.15, 0.2) is 200 Å². The number of fused-ring (bicyclic) bond motifs is 11. The Bertz CT molecular complexity index is 3420. The third-order valence-corrected chi connectivity index (χ3v) is 12.2. The van der Waals surface area contributed by atoms with E-state index in [-0.39, 0.29) is 6.71 Å². The van der Waals surface area contributed by atoms with Crippen LogP contribution in [-0.2, 0) is 0 Å². The van der Waals surface area contributed by atoms with Crippen LogP contribution in [0.1, 0.15) is 0 Å². The molecule has 0 saturated heterocycles. The fourth-order valence-corrected chi connectivity index (χ4v) is 9.93. The Morgan fingerprint density at radius 1 is 0.379 bits per heavy atom. The topological polar surface area (TPSA) is 33.6 Å². The van der Waals surface area contributed by atoms with E-state index >= 15 is 0 Å². The van der Waals surface area contributed by atoms with E-state index in [4.69, 9.17) is 4.98 Å². The zero-order chi connectivity index (χ0) is 37.9. The van der Waals surface area contributed by atoms with E-state index < -0.39 is 0 Å². The first-order valence-electron chi connectivity index (χ1n) is 19.9. The highest BCUT2D eigenvalue weighted by Gasteiger charge is 2.46. The van der Waals surface area contributed by atoms with Crippen LogP contribution in [0.2, 0.25) is 0 Å². The first-order chi connectivity index (χ1) is 28.8. The maximum atomic E-state index is 5.33. The van der Waals surface area contributed by atoms with E-state index in [0.29, 0.717) is 0 Å². The summed E-state index contributed by atoms with van der Waals surface area (Å²) in [5, 5.41) is 1.25. The summed E-state index contributed by atoms with van der Waals surface area (Å²) in [6.45, 7) is -0.0459. The molecule has 0 unspecified atom stereocenters. The van der Waals surface area contributed by atoms with Gasteiger partial charge in [0.05, 0.1) is 33.3 Å². The van der Waals surface area contributed by atoms with Crippen LogP contribution in [0.5, 0.6) is 0 Å². The average molecular weight is 741 g/mol. The summed E-state index contributed by atoms with van der Waals surface area (Å²) >= 11 is 0. The van der Waals surface area contributed by atoms with Crippen LogP contribution in [0.4, 0.5) is 34.3 Å². The van der Waals surface area contributed by atoms with Crippen LogP contribution in [0, 0.1) is 0 Å². The minimum absolute atomic E-state index is 0.0459. The van der Waals surface area contributed by atoms with Crippen molar-refractivity contribution in [1.29, 1.82) is 0 Å². The van der Waals surface area contributed by atoms with Crippen molar-refractivity contribution in [2.75, 3.05) is 9.80 Å². The minimum Gasteiger partial charge on any atom is -0.311 e. The Labute approximate surface area is 334 Å². The second-order valence-corrected chi connectivity index (χ2v) is 15.2. The van der Waals surface area contributed by atoms with Gasteiger partial charge < -0.3 is 4.90 Å². The fraction of sp³-hybridized carbons (Fsp3) is 0. The van der Waals surface area contributed by atoms with Crippen LogP contribution in [0.25, 0.3) is 50.1 Å². The lowest BCUT2D eigenvalue weighted by Gasteiger charge is -2.44. The standard InChI is InChI=1S/C51H33BN6/c1-4-18-34(19-5-1)54-42-28-14-11-25-39(42)52-48-38-24-10-13-27-41(38)55(35-20-6-2-7-21-35)50(48)56(36-22-8-3-9-23-36)47-33-37(32-46(54)49(47)52)57-44-30-16-17-31-45(44)58-43-29-15-12-26-40(43)53-51(57)58/h1-33H. The largest absolute Gasteiger partial charge is 0.311 e. The molecular formula is C51H33BN6.